The average molecular weight is 272 g/mol. The summed E-state index contributed by atoms with van der Waals surface area (Å²) in [6, 6.07) is 9.04. The van der Waals surface area contributed by atoms with E-state index in [0.717, 1.165) is 38.8 Å². The van der Waals surface area contributed by atoms with Gasteiger partial charge in [0.1, 0.15) is 0 Å². The van der Waals surface area contributed by atoms with Gasteiger partial charge in [0.05, 0.1) is 6.10 Å². The molecule has 1 saturated heterocycles. The van der Waals surface area contributed by atoms with Crippen LogP contribution in [-0.4, -0.2) is 41.8 Å². The Hall–Kier alpha value is -1.16. The number of nitrogens with zero attached hydrogens (tertiary/aromatic N) is 1. The number of piperidine rings is 1. The Morgan fingerprint density at radius 1 is 1.30 bits per heavy atom. The van der Waals surface area contributed by atoms with Crippen molar-refractivity contribution >= 4 is 5.57 Å². The van der Waals surface area contributed by atoms with Crippen molar-refractivity contribution in [3.63, 3.8) is 0 Å². The van der Waals surface area contributed by atoms with E-state index in [9.17, 15) is 5.11 Å². The molecule has 0 amide bonds. The van der Waals surface area contributed by atoms with E-state index >= 15 is 0 Å². The quantitative estimate of drug-likeness (QED) is 0.879. The summed E-state index contributed by atoms with van der Waals surface area (Å²) in [4.78, 5) is 2.45. The molecule has 20 heavy (non-hydrogen) atoms. The number of allylic oxidation sites excluding steroid dienone is 1. The number of aliphatic hydroxyl groups excluding tert-OH is 1. The predicted molar refractivity (Wildman–Crippen MR) is 82.4 cm³/mol. The minimum absolute atomic E-state index is 0.161. The lowest BCUT2D eigenvalue weighted by Gasteiger charge is -2.37. The normalized spacial score (nSPS) is 26.4. The Morgan fingerprint density at radius 2 is 2.15 bits per heavy atom. The van der Waals surface area contributed by atoms with Crippen LogP contribution in [-0.2, 0) is 6.42 Å². The second kappa shape index (κ2) is 6.08. The highest BCUT2D eigenvalue weighted by Gasteiger charge is 2.26. The van der Waals surface area contributed by atoms with Crippen LogP contribution in [0.3, 0.4) is 0 Å². The SMILES string of the molecule is NCC1CC(O)CCN1CCC1=CCc2ccccc21. The Balaban J connectivity index is 1.60. The molecule has 1 aromatic rings. The van der Waals surface area contributed by atoms with Gasteiger partial charge in [-0.3, -0.25) is 4.90 Å². The fourth-order valence-corrected chi connectivity index (χ4v) is 3.47. The van der Waals surface area contributed by atoms with Gasteiger partial charge in [-0.15, -0.1) is 0 Å². The van der Waals surface area contributed by atoms with Gasteiger partial charge in [0, 0.05) is 25.7 Å². The maximum atomic E-state index is 9.74. The van der Waals surface area contributed by atoms with E-state index in [0.29, 0.717) is 12.6 Å². The highest BCUT2D eigenvalue weighted by molar-refractivity contribution is 5.72. The van der Waals surface area contributed by atoms with Crippen LogP contribution in [0.15, 0.2) is 30.3 Å². The average Bonchev–Trinajstić information content (AvgIpc) is 2.89. The molecule has 2 atom stereocenters. The second-order valence-corrected chi connectivity index (χ2v) is 5.94. The molecule has 0 radical (unpaired) electrons. The van der Waals surface area contributed by atoms with Crippen LogP contribution in [0.1, 0.15) is 30.4 Å². The van der Waals surface area contributed by atoms with Crippen LogP contribution in [0.5, 0.6) is 0 Å². The summed E-state index contributed by atoms with van der Waals surface area (Å²) >= 11 is 0. The molecule has 0 aromatic heterocycles. The molecule has 108 valence electrons. The van der Waals surface area contributed by atoms with Gasteiger partial charge in [0.15, 0.2) is 0 Å². The van der Waals surface area contributed by atoms with Crippen molar-refractivity contribution < 1.29 is 5.11 Å². The lowest BCUT2D eigenvalue weighted by Crippen LogP contribution is -2.48. The highest BCUT2D eigenvalue weighted by Crippen LogP contribution is 2.30. The first-order chi connectivity index (χ1) is 9.78. The number of likely N-dealkylation sites (tertiary alicyclic amines) is 1. The van der Waals surface area contributed by atoms with E-state index in [-0.39, 0.29) is 6.10 Å². The number of rotatable bonds is 4. The Labute approximate surface area is 121 Å². The van der Waals surface area contributed by atoms with Crippen LogP contribution >= 0.6 is 0 Å². The third-order valence-electron chi connectivity index (χ3n) is 4.68. The van der Waals surface area contributed by atoms with Crippen LogP contribution in [0.2, 0.25) is 0 Å². The van der Waals surface area contributed by atoms with E-state index in [1.165, 1.54) is 16.7 Å². The molecule has 1 aliphatic heterocycles. The highest BCUT2D eigenvalue weighted by atomic mass is 16.3. The van der Waals surface area contributed by atoms with Crippen molar-refractivity contribution in [2.75, 3.05) is 19.6 Å². The summed E-state index contributed by atoms with van der Waals surface area (Å²) in [6.07, 6.45) is 6.07. The Bertz CT molecular complexity index is 498. The number of nitrogens with two attached hydrogens (primary N) is 1. The summed E-state index contributed by atoms with van der Waals surface area (Å²) in [5.74, 6) is 0. The van der Waals surface area contributed by atoms with Crippen LogP contribution in [0, 0.1) is 0 Å². The van der Waals surface area contributed by atoms with Gasteiger partial charge in [0.2, 0.25) is 0 Å². The van der Waals surface area contributed by atoms with Crippen LogP contribution in [0.4, 0.5) is 0 Å². The molecule has 1 aliphatic carbocycles. The fraction of sp³-hybridized carbons (Fsp3) is 0.529. The monoisotopic (exact) mass is 272 g/mol. The van der Waals surface area contributed by atoms with Crippen LogP contribution < -0.4 is 5.73 Å². The molecule has 3 heteroatoms. The third kappa shape index (κ3) is 2.80. The van der Waals surface area contributed by atoms with E-state index in [4.69, 9.17) is 5.73 Å². The first kappa shape index (κ1) is 13.8. The second-order valence-electron chi connectivity index (χ2n) is 5.94. The molecule has 1 fully saturated rings. The summed E-state index contributed by atoms with van der Waals surface area (Å²) in [5.41, 5.74) is 10.2. The molecule has 3 rings (SSSR count). The van der Waals surface area contributed by atoms with Gasteiger partial charge in [-0.25, -0.2) is 0 Å². The first-order valence-corrected chi connectivity index (χ1v) is 7.67. The molecular formula is C17H24N2O. The van der Waals surface area contributed by atoms with Gasteiger partial charge in [-0.05, 0) is 42.4 Å². The van der Waals surface area contributed by atoms with E-state index in [1.54, 1.807) is 0 Å². The molecule has 2 unspecified atom stereocenters. The van der Waals surface area contributed by atoms with Crippen molar-refractivity contribution in [1.82, 2.24) is 4.90 Å². The van der Waals surface area contributed by atoms with E-state index in [2.05, 4.69) is 35.2 Å². The standard InChI is InChI=1S/C17H24N2O/c18-12-15-11-16(20)8-10-19(15)9-7-14-6-5-13-3-1-2-4-17(13)14/h1-4,6,15-16,20H,5,7-12,18H2. The molecule has 3 N–H and O–H groups in total. The number of aliphatic hydroxyl groups is 1. The predicted octanol–water partition coefficient (Wildman–Crippen LogP) is 1.80. The van der Waals surface area contributed by atoms with Gasteiger partial charge in [-0.1, -0.05) is 30.3 Å². The maximum Gasteiger partial charge on any atom is 0.0567 e. The zero-order valence-electron chi connectivity index (χ0n) is 12.0. The molecule has 3 nitrogen and oxygen atoms in total. The summed E-state index contributed by atoms with van der Waals surface area (Å²) in [7, 11) is 0. The largest absolute Gasteiger partial charge is 0.393 e. The molecule has 1 aromatic carbocycles. The molecule has 0 bridgehead atoms. The smallest absolute Gasteiger partial charge is 0.0567 e. The molecule has 2 aliphatic rings. The number of hydrogen-bond acceptors (Lipinski definition) is 3. The van der Waals surface area contributed by atoms with Crippen molar-refractivity contribution in [2.24, 2.45) is 5.73 Å². The Morgan fingerprint density at radius 3 is 3.00 bits per heavy atom. The molecular weight excluding hydrogens is 248 g/mol. The van der Waals surface area contributed by atoms with Crippen molar-refractivity contribution in [2.45, 2.75) is 37.8 Å². The zero-order chi connectivity index (χ0) is 13.9. The van der Waals surface area contributed by atoms with E-state index < -0.39 is 0 Å². The van der Waals surface area contributed by atoms with Gasteiger partial charge in [-0.2, -0.15) is 0 Å². The first-order valence-electron chi connectivity index (χ1n) is 7.67. The molecule has 0 spiro atoms. The summed E-state index contributed by atoms with van der Waals surface area (Å²) in [6.45, 7) is 2.67. The van der Waals surface area contributed by atoms with Gasteiger partial charge < -0.3 is 10.8 Å². The maximum absolute atomic E-state index is 9.74. The van der Waals surface area contributed by atoms with Crippen molar-refractivity contribution in [3.8, 4) is 0 Å². The zero-order valence-corrected chi connectivity index (χ0v) is 12.0. The number of benzene rings is 1. The topological polar surface area (TPSA) is 49.5 Å². The fourth-order valence-electron chi connectivity index (χ4n) is 3.47. The minimum atomic E-state index is -0.161. The third-order valence-corrected chi connectivity index (χ3v) is 4.68. The number of hydrogen-bond donors (Lipinski definition) is 2. The number of fused-ring (bicyclic) bond motifs is 1. The lowest BCUT2D eigenvalue weighted by atomic mass is 9.98. The summed E-state index contributed by atoms with van der Waals surface area (Å²) in [5, 5.41) is 9.74. The summed E-state index contributed by atoms with van der Waals surface area (Å²) < 4.78 is 0. The minimum Gasteiger partial charge on any atom is -0.393 e. The van der Waals surface area contributed by atoms with Crippen molar-refractivity contribution in [3.05, 3.63) is 41.5 Å². The van der Waals surface area contributed by atoms with E-state index in [1.807, 2.05) is 0 Å². The molecule has 1 heterocycles. The van der Waals surface area contributed by atoms with Crippen LogP contribution in [0.25, 0.3) is 5.57 Å². The van der Waals surface area contributed by atoms with Gasteiger partial charge in [0.25, 0.3) is 0 Å². The van der Waals surface area contributed by atoms with Gasteiger partial charge >= 0.3 is 0 Å². The Kier molecular flexibility index (Phi) is 4.20. The van der Waals surface area contributed by atoms with Crippen molar-refractivity contribution in [1.29, 1.82) is 0 Å². The lowest BCUT2D eigenvalue weighted by molar-refractivity contribution is 0.0459. The molecule has 0 saturated carbocycles.